The van der Waals surface area contributed by atoms with Crippen LogP contribution in [0.4, 0.5) is 5.69 Å². The van der Waals surface area contributed by atoms with Crippen LogP contribution in [0.3, 0.4) is 0 Å². The largest absolute Gasteiger partial charge is 0.487 e. The first-order chi connectivity index (χ1) is 14.0. The van der Waals surface area contributed by atoms with Crippen molar-refractivity contribution in [3.8, 4) is 5.75 Å². The van der Waals surface area contributed by atoms with Crippen molar-refractivity contribution in [2.75, 3.05) is 4.72 Å². The summed E-state index contributed by atoms with van der Waals surface area (Å²) in [5, 5.41) is 0.778. The standard InChI is InChI=1S/C22H19N3O3S/c1-16-12-17-6-4-10-21(22(17)24-14-16)29(26,27)25-18-8-5-9-20(13-18)28-15-19-7-2-3-11-23-19/h2-14,25H,15H2,1H3. The monoisotopic (exact) mass is 405 g/mol. The molecule has 0 saturated heterocycles. The zero-order valence-electron chi connectivity index (χ0n) is 15.7. The van der Waals surface area contributed by atoms with E-state index in [1.807, 2.05) is 37.3 Å². The van der Waals surface area contributed by atoms with Crippen LogP contribution < -0.4 is 9.46 Å². The lowest BCUT2D eigenvalue weighted by atomic mass is 10.2. The van der Waals surface area contributed by atoms with Crippen LogP contribution in [0.5, 0.6) is 5.75 Å². The number of aryl methyl sites for hydroxylation is 1. The molecule has 0 bridgehead atoms. The summed E-state index contributed by atoms with van der Waals surface area (Å²) in [6.07, 6.45) is 3.36. The maximum Gasteiger partial charge on any atom is 0.264 e. The molecule has 1 N–H and O–H groups in total. The van der Waals surface area contributed by atoms with E-state index in [4.69, 9.17) is 4.74 Å². The van der Waals surface area contributed by atoms with E-state index in [0.717, 1.165) is 16.6 Å². The van der Waals surface area contributed by atoms with Crippen molar-refractivity contribution in [3.63, 3.8) is 0 Å². The Balaban J connectivity index is 1.57. The summed E-state index contributed by atoms with van der Waals surface area (Å²) in [7, 11) is -3.82. The number of para-hydroxylation sites is 1. The molecule has 0 atom stereocenters. The molecule has 0 saturated carbocycles. The molecule has 0 spiro atoms. The second kappa shape index (κ2) is 7.89. The van der Waals surface area contributed by atoms with Gasteiger partial charge >= 0.3 is 0 Å². The fourth-order valence-corrected chi connectivity index (χ4v) is 4.19. The van der Waals surface area contributed by atoms with Crippen LogP contribution in [0.15, 0.2) is 84.0 Å². The molecule has 7 heteroatoms. The smallest absolute Gasteiger partial charge is 0.264 e. The first-order valence-electron chi connectivity index (χ1n) is 9.02. The molecule has 2 heterocycles. The Morgan fingerprint density at radius 3 is 2.66 bits per heavy atom. The number of aromatic nitrogens is 2. The van der Waals surface area contributed by atoms with Gasteiger partial charge in [-0.3, -0.25) is 14.7 Å². The molecule has 0 aliphatic heterocycles. The Morgan fingerprint density at radius 2 is 1.83 bits per heavy atom. The van der Waals surface area contributed by atoms with Gasteiger partial charge in [-0.1, -0.05) is 24.3 Å². The third-order valence-corrected chi connectivity index (χ3v) is 5.71. The number of benzene rings is 2. The quantitative estimate of drug-likeness (QED) is 0.517. The zero-order chi connectivity index (χ0) is 20.3. The third kappa shape index (κ3) is 4.35. The Hall–Kier alpha value is -3.45. The highest BCUT2D eigenvalue weighted by Gasteiger charge is 2.18. The van der Waals surface area contributed by atoms with Gasteiger partial charge in [0.05, 0.1) is 16.9 Å². The molecule has 146 valence electrons. The molecule has 0 aliphatic carbocycles. The summed E-state index contributed by atoms with van der Waals surface area (Å²) < 4.78 is 34.3. The maximum absolute atomic E-state index is 13.0. The molecule has 0 radical (unpaired) electrons. The van der Waals surface area contributed by atoms with E-state index in [-0.39, 0.29) is 4.90 Å². The number of nitrogens with zero attached hydrogens (tertiary/aromatic N) is 2. The lowest BCUT2D eigenvalue weighted by Crippen LogP contribution is -2.14. The van der Waals surface area contributed by atoms with E-state index < -0.39 is 10.0 Å². The van der Waals surface area contributed by atoms with Gasteiger partial charge in [0.1, 0.15) is 17.3 Å². The summed E-state index contributed by atoms with van der Waals surface area (Å²) in [6, 6.07) is 19.4. The third-order valence-electron chi connectivity index (χ3n) is 4.30. The first kappa shape index (κ1) is 18.9. The molecule has 2 aromatic heterocycles. The molecule has 6 nitrogen and oxygen atoms in total. The van der Waals surface area contributed by atoms with Crippen molar-refractivity contribution in [1.82, 2.24) is 9.97 Å². The fourth-order valence-electron chi connectivity index (χ4n) is 2.96. The van der Waals surface area contributed by atoms with Gasteiger partial charge in [0.25, 0.3) is 10.0 Å². The minimum Gasteiger partial charge on any atom is -0.487 e. The second-order valence-electron chi connectivity index (χ2n) is 6.58. The van der Waals surface area contributed by atoms with Crippen LogP contribution in [0, 0.1) is 6.92 Å². The molecule has 29 heavy (non-hydrogen) atoms. The van der Waals surface area contributed by atoms with Crippen molar-refractivity contribution in [3.05, 3.63) is 90.4 Å². The fraction of sp³-hybridized carbons (Fsp3) is 0.0909. The zero-order valence-corrected chi connectivity index (χ0v) is 16.6. The predicted octanol–water partition coefficient (Wildman–Crippen LogP) is 4.32. The Morgan fingerprint density at radius 1 is 0.966 bits per heavy atom. The maximum atomic E-state index is 13.0. The summed E-state index contributed by atoms with van der Waals surface area (Å²) in [6.45, 7) is 2.21. The second-order valence-corrected chi connectivity index (χ2v) is 8.23. The van der Waals surface area contributed by atoms with E-state index >= 15 is 0 Å². The molecular formula is C22H19N3O3S. The first-order valence-corrected chi connectivity index (χ1v) is 10.5. The minimum absolute atomic E-state index is 0.134. The van der Waals surface area contributed by atoms with E-state index in [2.05, 4.69) is 14.7 Å². The van der Waals surface area contributed by atoms with Gasteiger partial charge in [-0.05, 0) is 48.9 Å². The van der Waals surface area contributed by atoms with Crippen molar-refractivity contribution in [1.29, 1.82) is 0 Å². The molecule has 0 amide bonds. The van der Waals surface area contributed by atoms with Crippen molar-refractivity contribution < 1.29 is 13.2 Å². The Bertz CT molecular complexity index is 1260. The highest BCUT2D eigenvalue weighted by molar-refractivity contribution is 7.93. The van der Waals surface area contributed by atoms with E-state index in [9.17, 15) is 8.42 Å². The normalized spacial score (nSPS) is 11.3. The number of anilines is 1. The molecule has 4 aromatic rings. The lowest BCUT2D eigenvalue weighted by Gasteiger charge is -2.12. The molecule has 0 unspecified atom stereocenters. The van der Waals surface area contributed by atoms with Crippen LogP contribution in [0.2, 0.25) is 0 Å². The number of fused-ring (bicyclic) bond motifs is 1. The van der Waals surface area contributed by atoms with Crippen LogP contribution in [-0.4, -0.2) is 18.4 Å². The lowest BCUT2D eigenvalue weighted by molar-refractivity contribution is 0.301. The summed E-state index contributed by atoms with van der Waals surface area (Å²) in [4.78, 5) is 8.66. The molecule has 0 fully saturated rings. The number of sulfonamides is 1. The van der Waals surface area contributed by atoms with Crippen molar-refractivity contribution in [2.45, 2.75) is 18.4 Å². The van der Waals surface area contributed by atoms with Gasteiger partial charge in [0.2, 0.25) is 0 Å². The van der Waals surface area contributed by atoms with Gasteiger partial charge in [-0.2, -0.15) is 0 Å². The molecular weight excluding hydrogens is 386 g/mol. The minimum atomic E-state index is -3.82. The number of hydrogen-bond acceptors (Lipinski definition) is 5. The van der Waals surface area contributed by atoms with Crippen LogP contribution >= 0.6 is 0 Å². The summed E-state index contributed by atoms with van der Waals surface area (Å²) in [5.74, 6) is 0.544. The van der Waals surface area contributed by atoms with E-state index in [1.165, 1.54) is 0 Å². The van der Waals surface area contributed by atoms with Crippen molar-refractivity contribution in [2.24, 2.45) is 0 Å². The number of rotatable bonds is 6. The molecule has 4 rings (SSSR count). The van der Waals surface area contributed by atoms with Gasteiger partial charge in [-0.25, -0.2) is 8.42 Å². The number of nitrogens with one attached hydrogen (secondary N) is 1. The number of pyridine rings is 2. The van der Waals surface area contributed by atoms with E-state index in [1.54, 1.807) is 48.8 Å². The summed E-state index contributed by atoms with van der Waals surface area (Å²) in [5.41, 5.74) is 2.61. The predicted molar refractivity (Wildman–Crippen MR) is 112 cm³/mol. The van der Waals surface area contributed by atoms with Gasteiger partial charge in [-0.15, -0.1) is 0 Å². The number of hydrogen-bond donors (Lipinski definition) is 1. The topological polar surface area (TPSA) is 81.2 Å². The molecule has 2 aromatic carbocycles. The van der Waals surface area contributed by atoms with Gasteiger partial charge < -0.3 is 4.74 Å². The van der Waals surface area contributed by atoms with Crippen LogP contribution in [0.1, 0.15) is 11.3 Å². The SMILES string of the molecule is Cc1cnc2c(S(=O)(=O)Nc3cccc(OCc4ccccn4)c3)cccc2c1. The van der Waals surface area contributed by atoms with Crippen LogP contribution in [0.25, 0.3) is 10.9 Å². The van der Waals surface area contributed by atoms with Gasteiger partial charge in [0.15, 0.2) is 0 Å². The molecule has 0 aliphatic rings. The Labute approximate surface area is 169 Å². The van der Waals surface area contributed by atoms with E-state index in [0.29, 0.717) is 23.6 Å². The highest BCUT2D eigenvalue weighted by Crippen LogP contribution is 2.25. The van der Waals surface area contributed by atoms with Gasteiger partial charge in [0, 0.05) is 23.8 Å². The summed E-state index contributed by atoms with van der Waals surface area (Å²) >= 11 is 0. The number of ether oxygens (including phenoxy) is 1. The van der Waals surface area contributed by atoms with Crippen molar-refractivity contribution >= 4 is 26.6 Å². The average Bonchev–Trinajstić information content (AvgIpc) is 2.72. The van der Waals surface area contributed by atoms with Crippen LogP contribution in [-0.2, 0) is 16.6 Å². The highest BCUT2D eigenvalue weighted by atomic mass is 32.2. The Kier molecular flexibility index (Phi) is 5.14. The average molecular weight is 405 g/mol.